The van der Waals surface area contributed by atoms with Gasteiger partial charge in [-0.25, -0.2) is 0 Å². The number of nitrogens with one attached hydrogen (secondary N) is 1. The molecule has 21 heavy (non-hydrogen) atoms. The average Bonchev–Trinajstić information content (AvgIpc) is 2.54. The fourth-order valence-corrected chi connectivity index (χ4v) is 2.75. The molecule has 1 N–H and O–H groups in total. The van der Waals surface area contributed by atoms with Gasteiger partial charge >= 0.3 is 0 Å². The summed E-state index contributed by atoms with van der Waals surface area (Å²) >= 11 is 0. The molecule has 0 spiro atoms. The van der Waals surface area contributed by atoms with Crippen molar-refractivity contribution in [3.8, 4) is 0 Å². The van der Waals surface area contributed by atoms with Crippen molar-refractivity contribution < 1.29 is 9.53 Å². The Morgan fingerprint density at radius 2 is 2.05 bits per heavy atom. The van der Waals surface area contributed by atoms with E-state index in [2.05, 4.69) is 10.3 Å². The number of Topliss-reactive ketones (excluding diaryl/α,β-unsaturated/α-hetero) is 1. The standard InChI is InChI=1S/C17H20N2O2/c20-14(12-21-15-6-8-18-9-7-15)11-13-5-10-19-17-4-2-1-3-16(13)17/h1-5,10,15,18H,6-9,11-12H2. The first-order chi connectivity index (χ1) is 10.3. The molecule has 1 aromatic heterocycles. The zero-order chi connectivity index (χ0) is 14.5. The molecule has 1 aliphatic heterocycles. The van der Waals surface area contributed by atoms with Gasteiger partial charge < -0.3 is 10.1 Å². The summed E-state index contributed by atoms with van der Waals surface area (Å²) in [5.74, 6) is 0.130. The highest BCUT2D eigenvalue weighted by molar-refractivity contribution is 5.89. The van der Waals surface area contributed by atoms with Gasteiger partial charge in [0.05, 0.1) is 11.6 Å². The molecule has 1 saturated heterocycles. The minimum Gasteiger partial charge on any atom is -0.370 e. The summed E-state index contributed by atoms with van der Waals surface area (Å²) in [6.45, 7) is 2.17. The number of rotatable bonds is 5. The third kappa shape index (κ3) is 3.65. The Morgan fingerprint density at radius 3 is 2.90 bits per heavy atom. The third-order valence-corrected chi connectivity index (χ3v) is 3.89. The summed E-state index contributed by atoms with van der Waals surface area (Å²) in [4.78, 5) is 16.5. The van der Waals surface area contributed by atoms with Crippen LogP contribution >= 0.6 is 0 Å². The Kier molecular flexibility index (Phi) is 4.58. The second kappa shape index (κ2) is 6.78. The predicted octanol–water partition coefficient (Wildman–Crippen LogP) is 2.11. The van der Waals surface area contributed by atoms with E-state index in [0.717, 1.165) is 42.4 Å². The molecule has 110 valence electrons. The minimum absolute atomic E-state index is 0.130. The van der Waals surface area contributed by atoms with Gasteiger partial charge in [0.15, 0.2) is 5.78 Å². The van der Waals surface area contributed by atoms with Crippen molar-refractivity contribution in [1.82, 2.24) is 10.3 Å². The molecule has 4 nitrogen and oxygen atoms in total. The second-order valence-electron chi connectivity index (χ2n) is 5.46. The lowest BCUT2D eigenvalue weighted by Gasteiger charge is -2.22. The van der Waals surface area contributed by atoms with Gasteiger partial charge in [0.2, 0.25) is 0 Å². The van der Waals surface area contributed by atoms with Crippen molar-refractivity contribution in [3.63, 3.8) is 0 Å². The maximum atomic E-state index is 12.1. The number of carbonyl (C=O) groups excluding carboxylic acids is 1. The van der Waals surface area contributed by atoms with Gasteiger partial charge in [0.1, 0.15) is 6.61 Å². The first-order valence-electron chi connectivity index (χ1n) is 7.49. The van der Waals surface area contributed by atoms with Crippen LogP contribution in [-0.2, 0) is 16.0 Å². The van der Waals surface area contributed by atoms with Crippen LogP contribution in [0, 0.1) is 0 Å². The molecule has 2 heterocycles. The molecule has 1 aliphatic rings. The van der Waals surface area contributed by atoms with E-state index < -0.39 is 0 Å². The number of fused-ring (bicyclic) bond motifs is 1. The third-order valence-electron chi connectivity index (χ3n) is 3.89. The van der Waals surface area contributed by atoms with Gasteiger partial charge in [0.25, 0.3) is 0 Å². The van der Waals surface area contributed by atoms with Crippen LogP contribution in [0.25, 0.3) is 10.9 Å². The van der Waals surface area contributed by atoms with E-state index in [9.17, 15) is 4.79 Å². The number of ether oxygens (including phenoxy) is 1. The number of hydrogen-bond acceptors (Lipinski definition) is 4. The molecule has 0 amide bonds. The van der Waals surface area contributed by atoms with E-state index in [0.29, 0.717) is 6.42 Å². The van der Waals surface area contributed by atoms with E-state index in [1.54, 1.807) is 6.20 Å². The molecule has 3 rings (SSSR count). The molecule has 0 bridgehead atoms. The second-order valence-corrected chi connectivity index (χ2v) is 5.46. The zero-order valence-electron chi connectivity index (χ0n) is 12.0. The monoisotopic (exact) mass is 284 g/mol. The summed E-state index contributed by atoms with van der Waals surface area (Å²) in [6.07, 6.45) is 4.38. The van der Waals surface area contributed by atoms with Gasteiger partial charge in [-0.05, 0) is 43.6 Å². The quantitative estimate of drug-likeness (QED) is 0.913. The molecule has 1 aromatic carbocycles. The van der Waals surface area contributed by atoms with Crippen molar-refractivity contribution in [1.29, 1.82) is 0 Å². The average molecular weight is 284 g/mol. The Balaban J connectivity index is 1.61. The van der Waals surface area contributed by atoms with E-state index in [1.165, 1.54) is 0 Å². The van der Waals surface area contributed by atoms with E-state index in [1.807, 2.05) is 30.3 Å². The molecule has 4 heteroatoms. The van der Waals surface area contributed by atoms with Gasteiger partial charge in [0, 0.05) is 18.0 Å². The zero-order valence-corrected chi connectivity index (χ0v) is 12.0. The van der Waals surface area contributed by atoms with Gasteiger partial charge in [-0.2, -0.15) is 0 Å². The summed E-state index contributed by atoms with van der Waals surface area (Å²) in [7, 11) is 0. The van der Waals surface area contributed by atoms with Gasteiger partial charge in [-0.1, -0.05) is 18.2 Å². The Morgan fingerprint density at radius 1 is 1.24 bits per heavy atom. The lowest BCUT2D eigenvalue weighted by Crippen LogP contribution is -2.33. The number of nitrogens with zero attached hydrogens (tertiary/aromatic N) is 1. The molecule has 2 aromatic rings. The predicted molar refractivity (Wildman–Crippen MR) is 82.3 cm³/mol. The maximum absolute atomic E-state index is 12.1. The lowest BCUT2D eigenvalue weighted by molar-refractivity contribution is -0.125. The largest absolute Gasteiger partial charge is 0.370 e. The SMILES string of the molecule is O=C(COC1CCNCC1)Cc1ccnc2ccccc12. The first kappa shape index (κ1) is 14.2. The Hall–Kier alpha value is -1.78. The topological polar surface area (TPSA) is 51.2 Å². The van der Waals surface area contributed by atoms with Crippen molar-refractivity contribution in [2.75, 3.05) is 19.7 Å². The highest BCUT2D eigenvalue weighted by Crippen LogP contribution is 2.17. The maximum Gasteiger partial charge on any atom is 0.162 e. The van der Waals surface area contributed by atoms with E-state index >= 15 is 0 Å². The number of piperidine rings is 1. The van der Waals surface area contributed by atoms with Crippen molar-refractivity contribution in [3.05, 3.63) is 42.1 Å². The molecule has 1 fully saturated rings. The molecule has 0 aliphatic carbocycles. The summed E-state index contributed by atoms with van der Waals surface area (Å²) in [5, 5.41) is 4.34. The number of carbonyl (C=O) groups is 1. The first-order valence-corrected chi connectivity index (χ1v) is 7.49. The molecular weight excluding hydrogens is 264 g/mol. The van der Waals surface area contributed by atoms with E-state index in [4.69, 9.17) is 4.74 Å². The van der Waals surface area contributed by atoms with Gasteiger partial charge in [-0.15, -0.1) is 0 Å². The van der Waals surface area contributed by atoms with Crippen molar-refractivity contribution in [2.24, 2.45) is 0 Å². The summed E-state index contributed by atoms with van der Waals surface area (Å²) in [6, 6.07) is 9.84. The minimum atomic E-state index is 0.130. The van der Waals surface area contributed by atoms with Crippen LogP contribution in [0.1, 0.15) is 18.4 Å². The van der Waals surface area contributed by atoms with Crippen LogP contribution in [0.5, 0.6) is 0 Å². The molecule has 0 atom stereocenters. The number of ketones is 1. The fraction of sp³-hybridized carbons (Fsp3) is 0.412. The Labute approximate surface area is 124 Å². The van der Waals surface area contributed by atoms with Crippen LogP contribution in [0.2, 0.25) is 0 Å². The number of para-hydroxylation sites is 1. The van der Waals surface area contributed by atoms with Crippen LogP contribution in [0.15, 0.2) is 36.5 Å². The number of benzene rings is 1. The molecule has 0 radical (unpaired) electrons. The molecular formula is C17H20N2O2. The van der Waals surface area contributed by atoms with Crippen LogP contribution in [-0.4, -0.2) is 36.6 Å². The normalized spacial score (nSPS) is 16.2. The number of hydrogen-bond donors (Lipinski definition) is 1. The van der Waals surface area contributed by atoms with Crippen LogP contribution < -0.4 is 5.32 Å². The molecule has 0 unspecified atom stereocenters. The number of aromatic nitrogens is 1. The van der Waals surface area contributed by atoms with Crippen LogP contribution in [0.3, 0.4) is 0 Å². The van der Waals surface area contributed by atoms with E-state index in [-0.39, 0.29) is 18.5 Å². The van der Waals surface area contributed by atoms with Gasteiger partial charge in [-0.3, -0.25) is 9.78 Å². The number of pyridine rings is 1. The smallest absolute Gasteiger partial charge is 0.162 e. The van der Waals surface area contributed by atoms with Crippen LogP contribution in [0.4, 0.5) is 0 Å². The fourth-order valence-electron chi connectivity index (χ4n) is 2.75. The van der Waals surface area contributed by atoms with Crippen molar-refractivity contribution in [2.45, 2.75) is 25.4 Å². The highest BCUT2D eigenvalue weighted by atomic mass is 16.5. The Bertz CT molecular complexity index is 616. The highest BCUT2D eigenvalue weighted by Gasteiger charge is 2.15. The summed E-state index contributed by atoms with van der Waals surface area (Å²) < 4.78 is 5.72. The van der Waals surface area contributed by atoms with Crippen molar-refractivity contribution >= 4 is 16.7 Å². The lowest BCUT2D eigenvalue weighted by atomic mass is 10.0. The summed E-state index contributed by atoms with van der Waals surface area (Å²) in [5.41, 5.74) is 1.96. The molecule has 0 saturated carbocycles.